The van der Waals surface area contributed by atoms with Gasteiger partial charge in [-0.15, -0.1) is 0 Å². The zero-order valence-corrected chi connectivity index (χ0v) is 20.5. The summed E-state index contributed by atoms with van der Waals surface area (Å²) >= 11 is 0. The Hall–Kier alpha value is -2.00. The molecule has 3 rings (SSSR count). The van der Waals surface area contributed by atoms with Crippen LogP contribution in [0.4, 0.5) is 0 Å². The molecule has 0 saturated heterocycles. The van der Waals surface area contributed by atoms with Crippen LogP contribution >= 0.6 is 0 Å². The van der Waals surface area contributed by atoms with Gasteiger partial charge in [0.2, 0.25) is 0 Å². The molecule has 1 unspecified atom stereocenters. The molecule has 170 valence electrons. The molecule has 0 radical (unpaired) electrons. The first-order valence-corrected chi connectivity index (χ1v) is 12.0. The fraction of sp³-hybridized carbons (Fsp3) is 0.571. The smallest absolute Gasteiger partial charge is 0.161 e. The highest BCUT2D eigenvalue weighted by Crippen LogP contribution is 2.40. The summed E-state index contributed by atoms with van der Waals surface area (Å²) in [6, 6.07) is 14.1. The van der Waals surface area contributed by atoms with E-state index in [1.54, 1.807) is 14.2 Å². The van der Waals surface area contributed by atoms with Crippen LogP contribution in [0.3, 0.4) is 0 Å². The van der Waals surface area contributed by atoms with E-state index < -0.39 is 0 Å². The lowest BCUT2D eigenvalue weighted by molar-refractivity contribution is 0.163. The molecular formula is C28H41NO2. The number of fused-ring (bicyclic) bond motifs is 1. The summed E-state index contributed by atoms with van der Waals surface area (Å²) in [6.07, 6.45) is 7.43. The highest BCUT2D eigenvalue weighted by Gasteiger charge is 2.29. The standard InChI is InChI=1S/C28H41NO2/c1-7-8-9-10-11-25-24-19-27(31-6)26(30-5)18-22(24)16-17-29(25)20-21-12-14-23(15-13-21)28(2,3)4/h12-15,18-19,25H,7-11,16-17,20H2,1-6H3. The third-order valence-electron chi connectivity index (χ3n) is 6.65. The van der Waals surface area contributed by atoms with Crippen LogP contribution in [-0.4, -0.2) is 25.7 Å². The first-order chi connectivity index (χ1) is 14.9. The van der Waals surface area contributed by atoms with Gasteiger partial charge in [0, 0.05) is 19.1 Å². The van der Waals surface area contributed by atoms with Gasteiger partial charge in [0.25, 0.3) is 0 Å². The molecule has 0 aliphatic carbocycles. The maximum absolute atomic E-state index is 5.65. The van der Waals surface area contributed by atoms with Gasteiger partial charge in [-0.2, -0.15) is 0 Å². The fourth-order valence-electron chi connectivity index (χ4n) is 4.72. The van der Waals surface area contributed by atoms with Crippen LogP contribution in [0.1, 0.15) is 88.1 Å². The highest BCUT2D eigenvalue weighted by atomic mass is 16.5. The van der Waals surface area contributed by atoms with Gasteiger partial charge in [0.05, 0.1) is 14.2 Å². The quantitative estimate of drug-likeness (QED) is 0.403. The van der Waals surface area contributed by atoms with E-state index >= 15 is 0 Å². The van der Waals surface area contributed by atoms with Crippen molar-refractivity contribution in [2.24, 2.45) is 0 Å². The summed E-state index contributed by atoms with van der Waals surface area (Å²) in [6.45, 7) is 11.2. The summed E-state index contributed by atoms with van der Waals surface area (Å²) in [5.41, 5.74) is 5.83. The number of unbranched alkanes of at least 4 members (excludes halogenated alkanes) is 3. The maximum Gasteiger partial charge on any atom is 0.161 e. The number of benzene rings is 2. The third-order valence-corrected chi connectivity index (χ3v) is 6.65. The van der Waals surface area contributed by atoms with Crippen molar-refractivity contribution in [3.05, 3.63) is 58.7 Å². The molecule has 31 heavy (non-hydrogen) atoms. The molecule has 1 aliphatic heterocycles. The topological polar surface area (TPSA) is 21.7 Å². The number of nitrogens with zero attached hydrogens (tertiary/aromatic N) is 1. The van der Waals surface area contributed by atoms with Gasteiger partial charge in [-0.1, -0.05) is 77.6 Å². The lowest BCUT2D eigenvalue weighted by atomic mass is 9.86. The number of rotatable bonds is 9. The Balaban J connectivity index is 1.85. The third kappa shape index (κ3) is 5.83. The Bertz CT molecular complexity index is 835. The molecule has 0 bridgehead atoms. The molecule has 3 nitrogen and oxygen atoms in total. The molecule has 1 atom stereocenters. The minimum absolute atomic E-state index is 0.194. The van der Waals surface area contributed by atoms with E-state index in [9.17, 15) is 0 Å². The van der Waals surface area contributed by atoms with E-state index in [1.165, 1.54) is 54.4 Å². The van der Waals surface area contributed by atoms with Crippen LogP contribution in [0.15, 0.2) is 36.4 Å². The van der Waals surface area contributed by atoms with Crippen LogP contribution in [0, 0.1) is 0 Å². The highest BCUT2D eigenvalue weighted by molar-refractivity contribution is 5.49. The fourth-order valence-corrected chi connectivity index (χ4v) is 4.72. The van der Waals surface area contributed by atoms with Gasteiger partial charge in [-0.3, -0.25) is 4.90 Å². The second-order valence-corrected chi connectivity index (χ2v) is 9.94. The molecule has 2 aromatic rings. The van der Waals surface area contributed by atoms with E-state index in [0.717, 1.165) is 31.0 Å². The molecule has 3 heteroatoms. The maximum atomic E-state index is 5.65. The number of hydrogen-bond acceptors (Lipinski definition) is 3. The predicted octanol–water partition coefficient (Wildman–Crippen LogP) is 7.07. The molecule has 0 spiro atoms. The van der Waals surface area contributed by atoms with Crippen molar-refractivity contribution < 1.29 is 9.47 Å². The second kappa shape index (κ2) is 10.5. The SMILES string of the molecule is CCCCCCC1c2cc(OC)c(OC)cc2CCN1Cc1ccc(C(C)(C)C)cc1. The van der Waals surface area contributed by atoms with Gasteiger partial charge in [0.1, 0.15) is 0 Å². The molecule has 1 aliphatic rings. The minimum atomic E-state index is 0.194. The summed E-state index contributed by atoms with van der Waals surface area (Å²) in [4.78, 5) is 2.67. The van der Waals surface area contributed by atoms with E-state index in [-0.39, 0.29) is 5.41 Å². The van der Waals surface area contributed by atoms with Crippen molar-refractivity contribution >= 4 is 0 Å². The van der Waals surface area contributed by atoms with Gasteiger partial charge in [0.15, 0.2) is 11.5 Å². The van der Waals surface area contributed by atoms with Crippen molar-refractivity contribution in [2.45, 2.75) is 84.2 Å². The van der Waals surface area contributed by atoms with E-state index in [2.05, 4.69) is 69.0 Å². The first-order valence-electron chi connectivity index (χ1n) is 12.0. The predicted molar refractivity (Wildman–Crippen MR) is 130 cm³/mol. The van der Waals surface area contributed by atoms with E-state index in [0.29, 0.717) is 6.04 Å². The average molecular weight is 424 g/mol. The molecule has 0 saturated carbocycles. The lowest BCUT2D eigenvalue weighted by Crippen LogP contribution is -2.35. The monoisotopic (exact) mass is 423 g/mol. The molecule has 0 aromatic heterocycles. The van der Waals surface area contributed by atoms with Crippen molar-refractivity contribution in [1.29, 1.82) is 0 Å². The Morgan fingerprint density at radius 1 is 0.935 bits per heavy atom. The lowest BCUT2D eigenvalue weighted by Gasteiger charge is -2.38. The van der Waals surface area contributed by atoms with Crippen LogP contribution in [0.5, 0.6) is 11.5 Å². The van der Waals surface area contributed by atoms with Crippen molar-refractivity contribution in [3.8, 4) is 11.5 Å². The van der Waals surface area contributed by atoms with Crippen LogP contribution < -0.4 is 9.47 Å². The summed E-state index contributed by atoms with van der Waals surface area (Å²) in [5, 5.41) is 0. The zero-order chi connectivity index (χ0) is 22.4. The zero-order valence-electron chi connectivity index (χ0n) is 20.5. The Morgan fingerprint density at radius 3 is 2.23 bits per heavy atom. The second-order valence-electron chi connectivity index (χ2n) is 9.94. The largest absolute Gasteiger partial charge is 0.493 e. The van der Waals surface area contributed by atoms with E-state index in [1.807, 2.05) is 0 Å². The molecule has 0 N–H and O–H groups in total. The van der Waals surface area contributed by atoms with Gasteiger partial charge in [-0.25, -0.2) is 0 Å². The van der Waals surface area contributed by atoms with Gasteiger partial charge < -0.3 is 9.47 Å². The molecule has 0 amide bonds. The number of hydrogen-bond donors (Lipinski definition) is 0. The Morgan fingerprint density at radius 2 is 1.61 bits per heavy atom. The summed E-state index contributed by atoms with van der Waals surface area (Å²) < 4.78 is 11.2. The molecule has 1 heterocycles. The van der Waals surface area contributed by atoms with Gasteiger partial charge in [-0.05, 0) is 52.6 Å². The Kier molecular flexibility index (Phi) is 8.05. The van der Waals surface area contributed by atoms with Crippen molar-refractivity contribution in [1.82, 2.24) is 4.90 Å². The normalized spacial score (nSPS) is 16.8. The van der Waals surface area contributed by atoms with Crippen LogP contribution in [-0.2, 0) is 18.4 Å². The molecular weight excluding hydrogens is 382 g/mol. The van der Waals surface area contributed by atoms with Crippen LogP contribution in [0.25, 0.3) is 0 Å². The van der Waals surface area contributed by atoms with Crippen LogP contribution in [0.2, 0.25) is 0 Å². The number of ether oxygens (including phenoxy) is 2. The number of methoxy groups -OCH3 is 2. The van der Waals surface area contributed by atoms with Crippen molar-refractivity contribution in [3.63, 3.8) is 0 Å². The first kappa shape index (κ1) is 23.7. The molecule has 0 fully saturated rings. The summed E-state index contributed by atoms with van der Waals surface area (Å²) in [5.74, 6) is 1.69. The summed E-state index contributed by atoms with van der Waals surface area (Å²) in [7, 11) is 3.46. The molecule has 2 aromatic carbocycles. The van der Waals surface area contributed by atoms with Gasteiger partial charge >= 0.3 is 0 Å². The minimum Gasteiger partial charge on any atom is -0.493 e. The Labute approximate surface area is 189 Å². The van der Waals surface area contributed by atoms with E-state index in [4.69, 9.17) is 9.47 Å². The average Bonchev–Trinajstić information content (AvgIpc) is 2.76. The van der Waals surface area contributed by atoms with Crippen molar-refractivity contribution in [2.75, 3.05) is 20.8 Å².